The van der Waals surface area contributed by atoms with Gasteiger partial charge in [-0.3, -0.25) is 9.59 Å². The number of dihydropyridines is 1. The van der Waals surface area contributed by atoms with Gasteiger partial charge in [-0.1, -0.05) is 6.08 Å². The molecule has 0 aromatic carbocycles. The maximum atomic E-state index is 12.3. The Kier molecular flexibility index (Phi) is 6.07. The molecule has 0 N–H and O–H groups in total. The molecule has 1 atom stereocenters. The smallest absolute Gasteiger partial charge is 0.269 e. The van der Waals surface area contributed by atoms with Gasteiger partial charge in [0.2, 0.25) is 5.91 Å². The molecule has 1 unspecified atom stereocenters. The Hall–Kier alpha value is -1.53. The second-order valence-corrected chi connectivity index (χ2v) is 5.34. The van der Waals surface area contributed by atoms with Gasteiger partial charge in [0.15, 0.2) is 0 Å². The summed E-state index contributed by atoms with van der Waals surface area (Å²) in [6.07, 6.45) is 6.32. The lowest BCUT2D eigenvalue weighted by molar-refractivity contribution is -0.133. The van der Waals surface area contributed by atoms with Crippen molar-refractivity contribution in [2.45, 2.75) is 12.8 Å². The minimum atomic E-state index is -0.391. The van der Waals surface area contributed by atoms with Crippen molar-refractivity contribution in [2.24, 2.45) is 16.8 Å². The molecule has 2 aliphatic heterocycles. The first-order chi connectivity index (χ1) is 10.2. The van der Waals surface area contributed by atoms with E-state index < -0.39 is 5.92 Å². The molecule has 0 saturated carbocycles. The standard InChI is InChI=1S/C15H22N2O4/c1-20-8-9-21-11-12-4-6-17(7-5-12)15(19)13-2-3-14(18)16-10-13/h2-3,10,12-13H,4-9,11H2,1H3. The number of ether oxygens (including phenoxy) is 2. The number of carbonyl (C=O) groups excluding carboxylic acids is 2. The van der Waals surface area contributed by atoms with Crippen molar-refractivity contribution in [1.82, 2.24) is 4.90 Å². The molecule has 1 fully saturated rings. The van der Waals surface area contributed by atoms with Crippen LogP contribution in [-0.2, 0) is 19.1 Å². The Morgan fingerprint density at radius 3 is 2.76 bits per heavy atom. The number of hydrogen-bond donors (Lipinski definition) is 0. The summed E-state index contributed by atoms with van der Waals surface area (Å²) in [5.41, 5.74) is 0. The van der Waals surface area contributed by atoms with Crippen LogP contribution < -0.4 is 0 Å². The highest BCUT2D eigenvalue weighted by Gasteiger charge is 2.27. The Bertz CT molecular complexity index is 409. The number of hydrogen-bond acceptors (Lipinski definition) is 4. The number of aliphatic imine (C=N–C) groups is 1. The zero-order chi connectivity index (χ0) is 15.1. The maximum Gasteiger partial charge on any atom is 0.269 e. The normalized spacial score (nSPS) is 22.8. The van der Waals surface area contributed by atoms with Crippen LogP contribution in [0.2, 0.25) is 0 Å². The summed E-state index contributed by atoms with van der Waals surface area (Å²) in [7, 11) is 1.66. The van der Waals surface area contributed by atoms with Gasteiger partial charge in [0, 0.05) is 39.1 Å². The molecule has 1 saturated heterocycles. The molecule has 0 radical (unpaired) electrons. The Labute approximate surface area is 124 Å². The van der Waals surface area contributed by atoms with Crippen LogP contribution in [0, 0.1) is 11.8 Å². The molecule has 21 heavy (non-hydrogen) atoms. The quantitative estimate of drug-likeness (QED) is 0.675. The Morgan fingerprint density at radius 2 is 2.14 bits per heavy atom. The van der Waals surface area contributed by atoms with Crippen LogP contribution >= 0.6 is 0 Å². The number of methoxy groups -OCH3 is 1. The van der Waals surface area contributed by atoms with Crippen LogP contribution in [-0.4, -0.2) is 62.9 Å². The Morgan fingerprint density at radius 1 is 1.38 bits per heavy atom. The van der Waals surface area contributed by atoms with Gasteiger partial charge in [0.25, 0.3) is 5.91 Å². The summed E-state index contributed by atoms with van der Waals surface area (Å²) in [6.45, 7) is 3.44. The maximum absolute atomic E-state index is 12.3. The van der Waals surface area contributed by atoms with Crippen molar-refractivity contribution in [3.8, 4) is 0 Å². The highest BCUT2D eigenvalue weighted by atomic mass is 16.5. The molecule has 116 valence electrons. The van der Waals surface area contributed by atoms with Gasteiger partial charge in [-0.05, 0) is 18.8 Å². The number of nitrogens with zero attached hydrogens (tertiary/aromatic N) is 2. The zero-order valence-electron chi connectivity index (χ0n) is 12.4. The van der Waals surface area contributed by atoms with Gasteiger partial charge in [-0.15, -0.1) is 0 Å². The first-order valence-corrected chi connectivity index (χ1v) is 7.32. The average Bonchev–Trinajstić information content (AvgIpc) is 2.52. The molecule has 2 heterocycles. The van der Waals surface area contributed by atoms with Gasteiger partial charge in [-0.2, -0.15) is 0 Å². The summed E-state index contributed by atoms with van der Waals surface area (Å²) in [5.74, 6) is -0.160. The molecule has 0 aromatic rings. The number of likely N-dealkylation sites (tertiary alicyclic amines) is 1. The third kappa shape index (κ3) is 4.75. The van der Waals surface area contributed by atoms with Crippen molar-refractivity contribution >= 4 is 18.0 Å². The number of carbonyl (C=O) groups is 2. The minimum absolute atomic E-state index is 0.0289. The molecular weight excluding hydrogens is 272 g/mol. The molecule has 0 aliphatic carbocycles. The van der Waals surface area contributed by atoms with Crippen molar-refractivity contribution in [2.75, 3.05) is 40.0 Å². The minimum Gasteiger partial charge on any atom is -0.382 e. The van der Waals surface area contributed by atoms with E-state index in [2.05, 4.69) is 4.99 Å². The van der Waals surface area contributed by atoms with E-state index in [1.807, 2.05) is 4.90 Å². The fourth-order valence-corrected chi connectivity index (χ4v) is 2.50. The molecule has 0 spiro atoms. The van der Waals surface area contributed by atoms with Crippen LogP contribution in [0.4, 0.5) is 0 Å². The average molecular weight is 294 g/mol. The molecule has 6 heteroatoms. The molecule has 2 rings (SSSR count). The molecule has 0 bridgehead atoms. The summed E-state index contributed by atoms with van der Waals surface area (Å²) in [4.78, 5) is 28.8. The third-order valence-electron chi connectivity index (χ3n) is 3.81. The predicted octanol–water partition coefficient (Wildman–Crippen LogP) is 0.671. The molecule has 6 nitrogen and oxygen atoms in total. The van der Waals surface area contributed by atoms with Crippen LogP contribution in [0.15, 0.2) is 17.1 Å². The fourth-order valence-electron chi connectivity index (χ4n) is 2.50. The lowest BCUT2D eigenvalue weighted by Crippen LogP contribution is -2.42. The van der Waals surface area contributed by atoms with E-state index in [-0.39, 0.29) is 11.8 Å². The zero-order valence-corrected chi connectivity index (χ0v) is 12.4. The third-order valence-corrected chi connectivity index (χ3v) is 3.81. The van der Waals surface area contributed by atoms with Crippen LogP contribution in [0.1, 0.15) is 12.8 Å². The largest absolute Gasteiger partial charge is 0.382 e. The fraction of sp³-hybridized carbons (Fsp3) is 0.667. The first-order valence-electron chi connectivity index (χ1n) is 7.32. The number of piperidine rings is 1. The lowest BCUT2D eigenvalue weighted by atomic mass is 9.96. The van der Waals surface area contributed by atoms with Crippen molar-refractivity contribution in [3.63, 3.8) is 0 Å². The summed E-state index contributed by atoms with van der Waals surface area (Å²) < 4.78 is 10.5. The second-order valence-electron chi connectivity index (χ2n) is 5.34. The number of amides is 2. The van der Waals surface area contributed by atoms with Gasteiger partial charge < -0.3 is 14.4 Å². The van der Waals surface area contributed by atoms with E-state index in [4.69, 9.17) is 9.47 Å². The topological polar surface area (TPSA) is 68.2 Å². The van der Waals surface area contributed by atoms with Crippen molar-refractivity contribution in [3.05, 3.63) is 12.2 Å². The molecule has 0 aromatic heterocycles. The van der Waals surface area contributed by atoms with Gasteiger partial charge in [0.05, 0.1) is 19.1 Å². The monoisotopic (exact) mass is 294 g/mol. The molecule has 2 aliphatic rings. The van der Waals surface area contributed by atoms with E-state index in [0.29, 0.717) is 19.1 Å². The summed E-state index contributed by atoms with van der Waals surface area (Å²) >= 11 is 0. The van der Waals surface area contributed by atoms with Gasteiger partial charge in [0.1, 0.15) is 0 Å². The highest BCUT2D eigenvalue weighted by Crippen LogP contribution is 2.19. The van der Waals surface area contributed by atoms with E-state index in [1.165, 1.54) is 12.3 Å². The highest BCUT2D eigenvalue weighted by molar-refractivity contribution is 6.05. The van der Waals surface area contributed by atoms with E-state index >= 15 is 0 Å². The molecular formula is C15H22N2O4. The van der Waals surface area contributed by atoms with E-state index in [0.717, 1.165) is 32.5 Å². The van der Waals surface area contributed by atoms with Crippen LogP contribution in [0.5, 0.6) is 0 Å². The number of rotatable bonds is 6. The van der Waals surface area contributed by atoms with Gasteiger partial charge in [-0.25, -0.2) is 4.99 Å². The lowest BCUT2D eigenvalue weighted by Gasteiger charge is -2.33. The van der Waals surface area contributed by atoms with Crippen molar-refractivity contribution < 1.29 is 19.1 Å². The van der Waals surface area contributed by atoms with E-state index in [9.17, 15) is 9.59 Å². The van der Waals surface area contributed by atoms with Gasteiger partial charge >= 0.3 is 0 Å². The van der Waals surface area contributed by atoms with Crippen molar-refractivity contribution in [1.29, 1.82) is 0 Å². The predicted molar refractivity (Wildman–Crippen MR) is 78.1 cm³/mol. The SMILES string of the molecule is COCCOCC1CCN(C(=O)C2C=CC(=O)N=C2)CC1. The first kappa shape index (κ1) is 15.9. The summed E-state index contributed by atoms with van der Waals surface area (Å²) in [5, 5.41) is 0. The van der Waals surface area contributed by atoms with E-state index in [1.54, 1.807) is 13.2 Å². The van der Waals surface area contributed by atoms with Crippen LogP contribution in [0.3, 0.4) is 0 Å². The van der Waals surface area contributed by atoms with Crippen LogP contribution in [0.25, 0.3) is 0 Å². The summed E-state index contributed by atoms with van der Waals surface area (Å²) in [6, 6.07) is 0. The second kappa shape index (κ2) is 8.05. The molecule has 2 amide bonds. The Balaban J connectivity index is 1.71.